The lowest BCUT2D eigenvalue weighted by Crippen LogP contribution is -2.40. The molecule has 0 spiro atoms. The summed E-state index contributed by atoms with van der Waals surface area (Å²) < 4.78 is 11.1. The Morgan fingerprint density at radius 1 is 1.00 bits per heavy atom. The smallest absolute Gasteiger partial charge is 0.349 e. The van der Waals surface area contributed by atoms with Crippen LogP contribution in [0.3, 0.4) is 0 Å². The molecule has 7 nitrogen and oxygen atoms in total. The van der Waals surface area contributed by atoms with Crippen LogP contribution in [0.1, 0.15) is 49.9 Å². The van der Waals surface area contributed by atoms with E-state index < -0.39 is 11.6 Å². The van der Waals surface area contributed by atoms with Crippen molar-refractivity contribution in [1.29, 1.82) is 0 Å². The molecule has 1 saturated heterocycles. The molecule has 1 aliphatic heterocycles. The van der Waals surface area contributed by atoms with E-state index in [-0.39, 0.29) is 31.6 Å². The van der Waals surface area contributed by atoms with E-state index in [0.717, 1.165) is 23.1 Å². The molecule has 0 radical (unpaired) electrons. The number of hydrogen-bond acceptors (Lipinski definition) is 5. The van der Waals surface area contributed by atoms with Gasteiger partial charge in [-0.25, -0.2) is 9.59 Å². The van der Waals surface area contributed by atoms with Crippen molar-refractivity contribution in [1.82, 2.24) is 4.90 Å². The van der Waals surface area contributed by atoms with Crippen LogP contribution in [-0.2, 0) is 27.3 Å². The number of ether oxygens (including phenoxy) is 2. The molecule has 3 rings (SSSR count). The van der Waals surface area contributed by atoms with Gasteiger partial charge < -0.3 is 9.47 Å². The number of urea groups is 1. The molecule has 2 aromatic rings. The number of carbonyl (C=O) groups is 3. The van der Waals surface area contributed by atoms with E-state index in [1.54, 1.807) is 20.8 Å². The highest BCUT2D eigenvalue weighted by Crippen LogP contribution is 2.30. The fraction of sp³-hybridized carbons (Fsp3) is 0.423. The minimum Gasteiger partial charge on any atom is -0.476 e. The number of amides is 3. The summed E-state index contributed by atoms with van der Waals surface area (Å²) in [5, 5.41) is 0. The van der Waals surface area contributed by atoms with Crippen LogP contribution in [0.5, 0.6) is 5.75 Å². The summed E-state index contributed by atoms with van der Waals surface area (Å²) in [7, 11) is 0. The van der Waals surface area contributed by atoms with E-state index in [9.17, 15) is 14.4 Å². The molecular formula is C26H32N2O5. The van der Waals surface area contributed by atoms with Crippen LogP contribution < -0.4 is 9.64 Å². The number of nitrogens with zero attached hydrogens (tertiary/aromatic N) is 2. The highest BCUT2D eigenvalue weighted by atomic mass is 16.6. The lowest BCUT2D eigenvalue weighted by molar-refractivity contribution is -0.158. The lowest BCUT2D eigenvalue weighted by Gasteiger charge is -2.26. The Morgan fingerprint density at radius 3 is 2.15 bits per heavy atom. The van der Waals surface area contributed by atoms with Crippen LogP contribution in [0.2, 0.25) is 0 Å². The van der Waals surface area contributed by atoms with Crippen molar-refractivity contribution < 1.29 is 23.9 Å². The molecule has 0 N–H and O–H groups in total. The van der Waals surface area contributed by atoms with Crippen LogP contribution in [-0.4, -0.2) is 41.6 Å². The van der Waals surface area contributed by atoms with E-state index >= 15 is 0 Å². The molecule has 0 atom stereocenters. The van der Waals surface area contributed by atoms with Gasteiger partial charge in [-0.3, -0.25) is 14.6 Å². The summed E-state index contributed by atoms with van der Waals surface area (Å²) in [5.74, 6) is -0.0830. The standard InChI is InChI=1S/C26H32N2O5/c1-7-19-9-11-21(12-10-19)27-16-22(29)28(25(27)31)15-20-13-17(3)23(18(4)14-20)33-26(5,6)24(30)32-8-2/h9-14H,7-8,15-16H2,1-6H3. The number of carbonyl (C=O) groups excluding carboxylic acids is 3. The van der Waals surface area contributed by atoms with E-state index in [1.165, 1.54) is 15.4 Å². The Kier molecular flexibility index (Phi) is 7.10. The molecule has 176 valence electrons. The van der Waals surface area contributed by atoms with Gasteiger partial charge >= 0.3 is 12.0 Å². The van der Waals surface area contributed by atoms with Gasteiger partial charge in [0.2, 0.25) is 0 Å². The molecule has 7 heteroatoms. The van der Waals surface area contributed by atoms with Crippen LogP contribution in [0, 0.1) is 13.8 Å². The topological polar surface area (TPSA) is 76.2 Å². The fourth-order valence-corrected chi connectivity index (χ4v) is 3.89. The summed E-state index contributed by atoms with van der Waals surface area (Å²) in [4.78, 5) is 40.6. The molecule has 0 aromatic heterocycles. The van der Waals surface area contributed by atoms with Crippen LogP contribution in [0.4, 0.5) is 10.5 Å². The van der Waals surface area contributed by atoms with Crippen molar-refractivity contribution in [3.8, 4) is 5.75 Å². The predicted molar refractivity (Wildman–Crippen MR) is 126 cm³/mol. The second-order valence-corrected chi connectivity index (χ2v) is 8.76. The monoisotopic (exact) mass is 452 g/mol. The van der Waals surface area contributed by atoms with Gasteiger partial charge in [0.25, 0.3) is 5.91 Å². The third-order valence-electron chi connectivity index (χ3n) is 5.70. The van der Waals surface area contributed by atoms with Crippen LogP contribution >= 0.6 is 0 Å². The maximum Gasteiger partial charge on any atom is 0.349 e. The van der Waals surface area contributed by atoms with Gasteiger partial charge in [0.05, 0.1) is 13.2 Å². The third kappa shape index (κ3) is 5.18. The molecule has 1 aliphatic rings. The summed E-state index contributed by atoms with van der Waals surface area (Å²) in [6, 6.07) is 11.1. The highest BCUT2D eigenvalue weighted by Gasteiger charge is 2.37. The van der Waals surface area contributed by atoms with Gasteiger partial charge in [-0.1, -0.05) is 31.2 Å². The van der Waals surface area contributed by atoms with E-state index in [1.807, 2.05) is 50.2 Å². The average molecular weight is 453 g/mol. The van der Waals surface area contributed by atoms with Crippen LogP contribution in [0.15, 0.2) is 36.4 Å². The number of esters is 1. The van der Waals surface area contributed by atoms with Gasteiger partial charge in [0, 0.05) is 5.69 Å². The number of imide groups is 1. The number of aryl methyl sites for hydroxylation is 3. The quantitative estimate of drug-likeness (QED) is 0.434. The van der Waals surface area contributed by atoms with E-state index in [4.69, 9.17) is 9.47 Å². The minimum atomic E-state index is -1.14. The number of benzene rings is 2. The first-order chi connectivity index (χ1) is 15.6. The van der Waals surface area contributed by atoms with Gasteiger partial charge in [-0.05, 0) is 75.4 Å². The number of hydrogen-bond donors (Lipinski definition) is 0. The van der Waals surface area contributed by atoms with Crippen LogP contribution in [0.25, 0.3) is 0 Å². The molecule has 0 aliphatic carbocycles. The Labute approximate surface area is 195 Å². The zero-order valence-corrected chi connectivity index (χ0v) is 20.2. The second kappa shape index (κ2) is 9.65. The SMILES string of the molecule is CCOC(=O)C(C)(C)Oc1c(C)cc(CN2C(=O)CN(c3ccc(CC)cc3)C2=O)cc1C. The van der Waals surface area contributed by atoms with Gasteiger partial charge in [0.15, 0.2) is 5.60 Å². The van der Waals surface area contributed by atoms with Crippen molar-refractivity contribution in [2.24, 2.45) is 0 Å². The first-order valence-corrected chi connectivity index (χ1v) is 11.2. The molecule has 0 saturated carbocycles. The zero-order valence-electron chi connectivity index (χ0n) is 20.2. The van der Waals surface area contributed by atoms with Gasteiger partial charge in [-0.15, -0.1) is 0 Å². The maximum absolute atomic E-state index is 13.0. The molecule has 0 unspecified atom stereocenters. The minimum absolute atomic E-state index is 0.0250. The Morgan fingerprint density at radius 2 is 1.61 bits per heavy atom. The zero-order chi connectivity index (χ0) is 24.3. The Balaban J connectivity index is 1.77. The molecule has 33 heavy (non-hydrogen) atoms. The van der Waals surface area contributed by atoms with Gasteiger partial charge in [0.1, 0.15) is 12.3 Å². The van der Waals surface area contributed by atoms with Gasteiger partial charge in [-0.2, -0.15) is 0 Å². The maximum atomic E-state index is 13.0. The molecule has 1 heterocycles. The van der Waals surface area contributed by atoms with Crippen molar-refractivity contribution in [2.45, 2.75) is 60.1 Å². The first-order valence-electron chi connectivity index (χ1n) is 11.2. The molecular weight excluding hydrogens is 420 g/mol. The fourth-order valence-electron chi connectivity index (χ4n) is 3.89. The van der Waals surface area contributed by atoms with Crippen molar-refractivity contribution >= 4 is 23.6 Å². The molecule has 0 bridgehead atoms. The first kappa shape index (κ1) is 24.3. The Bertz CT molecular complexity index is 1040. The van der Waals surface area contributed by atoms with Crippen molar-refractivity contribution in [2.75, 3.05) is 18.1 Å². The molecule has 3 amide bonds. The highest BCUT2D eigenvalue weighted by molar-refractivity contribution is 6.12. The molecule has 1 fully saturated rings. The summed E-state index contributed by atoms with van der Waals surface area (Å²) >= 11 is 0. The summed E-state index contributed by atoms with van der Waals surface area (Å²) in [6.45, 7) is 11.4. The predicted octanol–water partition coefficient (Wildman–Crippen LogP) is 4.56. The van der Waals surface area contributed by atoms with E-state index in [0.29, 0.717) is 11.4 Å². The Hall–Kier alpha value is -3.35. The third-order valence-corrected chi connectivity index (χ3v) is 5.70. The normalized spacial score (nSPS) is 14.1. The lowest BCUT2D eigenvalue weighted by atomic mass is 10.0. The number of rotatable bonds is 8. The van der Waals surface area contributed by atoms with Crippen molar-refractivity contribution in [3.63, 3.8) is 0 Å². The summed E-state index contributed by atoms with van der Waals surface area (Å²) in [6.07, 6.45) is 0.911. The largest absolute Gasteiger partial charge is 0.476 e. The number of anilines is 1. The summed E-state index contributed by atoms with van der Waals surface area (Å²) in [5.41, 5.74) is 3.19. The van der Waals surface area contributed by atoms with E-state index in [2.05, 4.69) is 6.92 Å². The average Bonchev–Trinajstić information content (AvgIpc) is 3.05. The molecule has 2 aromatic carbocycles. The van der Waals surface area contributed by atoms with Crippen molar-refractivity contribution in [3.05, 3.63) is 58.7 Å². The second-order valence-electron chi connectivity index (χ2n) is 8.76.